The molecular weight excluding hydrogens is 218 g/mol. The molecule has 0 aliphatic heterocycles. The summed E-state index contributed by atoms with van der Waals surface area (Å²) in [7, 11) is 3.11. The number of nitrogens with one attached hydrogen (secondary N) is 1. The summed E-state index contributed by atoms with van der Waals surface area (Å²) in [5.74, 6) is 1.11. The number of rotatable bonds is 4. The molecule has 88 valence electrons. The summed E-state index contributed by atoms with van der Waals surface area (Å²) in [6.07, 6.45) is 3.38. The fraction of sp³-hybridized carbons (Fsp3) is 0.154. The van der Waals surface area contributed by atoms with Gasteiger partial charge in [-0.15, -0.1) is 0 Å². The van der Waals surface area contributed by atoms with E-state index in [1.54, 1.807) is 50.9 Å². The zero-order valence-corrected chi connectivity index (χ0v) is 9.69. The highest BCUT2D eigenvalue weighted by Crippen LogP contribution is 2.28. The number of carbonyl (C=O) groups is 1. The molecule has 0 spiro atoms. The highest BCUT2D eigenvalue weighted by molar-refractivity contribution is 6.09. The van der Waals surface area contributed by atoms with Gasteiger partial charge < -0.3 is 14.5 Å². The van der Waals surface area contributed by atoms with E-state index in [4.69, 9.17) is 9.47 Å². The first-order valence-corrected chi connectivity index (χ1v) is 5.15. The lowest BCUT2D eigenvalue weighted by atomic mass is 10.1. The highest BCUT2D eigenvalue weighted by Gasteiger charge is 2.12. The van der Waals surface area contributed by atoms with E-state index in [0.29, 0.717) is 22.6 Å². The van der Waals surface area contributed by atoms with Crippen LogP contribution in [0.1, 0.15) is 15.9 Å². The Labute approximate surface area is 99.2 Å². The molecule has 0 saturated heterocycles. The van der Waals surface area contributed by atoms with Gasteiger partial charge in [0.1, 0.15) is 0 Å². The maximum atomic E-state index is 12.1. The molecule has 0 aliphatic carbocycles. The van der Waals surface area contributed by atoms with E-state index >= 15 is 0 Å². The minimum absolute atomic E-state index is 0.0489. The Hall–Kier alpha value is -2.23. The van der Waals surface area contributed by atoms with Crippen LogP contribution in [0.2, 0.25) is 0 Å². The van der Waals surface area contributed by atoms with Gasteiger partial charge in [-0.3, -0.25) is 4.79 Å². The van der Waals surface area contributed by atoms with E-state index in [9.17, 15) is 4.79 Å². The van der Waals surface area contributed by atoms with Gasteiger partial charge >= 0.3 is 0 Å². The number of methoxy groups -OCH3 is 2. The molecule has 0 atom stereocenters. The normalized spacial score (nSPS) is 10.0. The molecule has 1 aromatic carbocycles. The molecular formula is C13H13NO3. The standard InChI is InChI=1S/C13H13NO3/c1-16-11-4-3-9(7-12(11)17-2)13(15)10-5-6-14-8-10/h3-8,14H,1-2H3. The lowest BCUT2D eigenvalue weighted by Crippen LogP contribution is -2.01. The van der Waals surface area contributed by atoms with Crippen LogP contribution >= 0.6 is 0 Å². The van der Waals surface area contributed by atoms with Crippen molar-refractivity contribution in [2.75, 3.05) is 14.2 Å². The molecule has 1 N–H and O–H groups in total. The fourth-order valence-corrected chi connectivity index (χ4v) is 1.61. The number of H-pyrrole nitrogens is 1. The third-order valence-corrected chi connectivity index (χ3v) is 2.51. The second kappa shape index (κ2) is 4.74. The van der Waals surface area contributed by atoms with E-state index in [0.717, 1.165) is 0 Å². The van der Waals surface area contributed by atoms with Gasteiger partial charge in [0, 0.05) is 23.5 Å². The molecule has 0 bridgehead atoms. The summed E-state index contributed by atoms with van der Waals surface area (Å²) in [4.78, 5) is 14.9. The van der Waals surface area contributed by atoms with Crippen molar-refractivity contribution >= 4 is 5.78 Å². The first kappa shape index (κ1) is 11.3. The predicted molar refractivity (Wildman–Crippen MR) is 63.8 cm³/mol. The minimum atomic E-state index is -0.0489. The number of aromatic nitrogens is 1. The Balaban J connectivity index is 2.37. The van der Waals surface area contributed by atoms with E-state index in [1.165, 1.54) is 0 Å². The topological polar surface area (TPSA) is 51.3 Å². The molecule has 0 saturated carbocycles. The lowest BCUT2D eigenvalue weighted by molar-refractivity contribution is 0.103. The first-order valence-electron chi connectivity index (χ1n) is 5.15. The van der Waals surface area contributed by atoms with Gasteiger partial charge in [0.05, 0.1) is 14.2 Å². The van der Waals surface area contributed by atoms with Crippen LogP contribution in [0, 0.1) is 0 Å². The lowest BCUT2D eigenvalue weighted by Gasteiger charge is -2.08. The van der Waals surface area contributed by atoms with E-state index in [-0.39, 0.29) is 5.78 Å². The Bertz CT molecular complexity index is 517. The van der Waals surface area contributed by atoms with Crippen LogP contribution in [0.25, 0.3) is 0 Å². The summed E-state index contributed by atoms with van der Waals surface area (Å²) in [6, 6.07) is 6.85. The molecule has 2 rings (SSSR count). The molecule has 4 nitrogen and oxygen atoms in total. The Morgan fingerprint density at radius 1 is 1.06 bits per heavy atom. The molecule has 1 aromatic heterocycles. The second-order valence-electron chi connectivity index (χ2n) is 3.50. The van der Waals surface area contributed by atoms with Gasteiger partial charge in [-0.1, -0.05) is 0 Å². The average Bonchev–Trinajstić information content (AvgIpc) is 2.90. The van der Waals surface area contributed by atoms with Crippen LogP contribution in [0.4, 0.5) is 0 Å². The van der Waals surface area contributed by atoms with E-state index in [2.05, 4.69) is 4.98 Å². The monoisotopic (exact) mass is 231 g/mol. The van der Waals surface area contributed by atoms with Crippen LogP contribution in [-0.2, 0) is 0 Å². The average molecular weight is 231 g/mol. The van der Waals surface area contributed by atoms with Crippen molar-refractivity contribution in [3.05, 3.63) is 47.8 Å². The van der Waals surface area contributed by atoms with Crippen LogP contribution in [0.3, 0.4) is 0 Å². The van der Waals surface area contributed by atoms with Gasteiger partial charge in [-0.2, -0.15) is 0 Å². The van der Waals surface area contributed by atoms with Crippen molar-refractivity contribution in [3.8, 4) is 11.5 Å². The Kier molecular flexibility index (Phi) is 3.14. The number of carbonyl (C=O) groups excluding carboxylic acids is 1. The summed E-state index contributed by atoms with van der Waals surface area (Å²) >= 11 is 0. The highest BCUT2D eigenvalue weighted by atomic mass is 16.5. The molecule has 4 heteroatoms. The first-order chi connectivity index (χ1) is 8.26. The molecule has 1 heterocycles. The van der Waals surface area contributed by atoms with E-state index < -0.39 is 0 Å². The van der Waals surface area contributed by atoms with Gasteiger partial charge in [0.25, 0.3) is 0 Å². The smallest absolute Gasteiger partial charge is 0.194 e. The zero-order chi connectivity index (χ0) is 12.3. The number of hydrogen-bond donors (Lipinski definition) is 1. The Morgan fingerprint density at radius 3 is 2.41 bits per heavy atom. The number of ether oxygens (including phenoxy) is 2. The number of aromatic amines is 1. The predicted octanol–water partition coefficient (Wildman–Crippen LogP) is 2.26. The minimum Gasteiger partial charge on any atom is -0.493 e. The van der Waals surface area contributed by atoms with Crippen LogP contribution < -0.4 is 9.47 Å². The molecule has 0 aliphatic rings. The maximum absolute atomic E-state index is 12.1. The third kappa shape index (κ3) is 2.15. The number of hydrogen-bond acceptors (Lipinski definition) is 3. The molecule has 0 unspecified atom stereocenters. The molecule has 0 radical (unpaired) electrons. The zero-order valence-electron chi connectivity index (χ0n) is 9.69. The van der Waals surface area contributed by atoms with Gasteiger partial charge in [-0.25, -0.2) is 0 Å². The molecule has 17 heavy (non-hydrogen) atoms. The van der Waals surface area contributed by atoms with Crippen molar-refractivity contribution in [2.45, 2.75) is 0 Å². The van der Waals surface area contributed by atoms with Gasteiger partial charge in [0.15, 0.2) is 17.3 Å². The summed E-state index contributed by atoms with van der Waals surface area (Å²) in [5.41, 5.74) is 1.19. The molecule has 0 amide bonds. The summed E-state index contributed by atoms with van der Waals surface area (Å²) in [5, 5.41) is 0. The summed E-state index contributed by atoms with van der Waals surface area (Å²) in [6.45, 7) is 0. The number of benzene rings is 1. The largest absolute Gasteiger partial charge is 0.493 e. The SMILES string of the molecule is COc1ccc(C(=O)c2cc[nH]c2)cc1OC. The van der Waals surface area contributed by atoms with Gasteiger partial charge in [-0.05, 0) is 24.3 Å². The molecule has 0 fully saturated rings. The van der Waals surface area contributed by atoms with E-state index in [1.807, 2.05) is 0 Å². The van der Waals surface area contributed by atoms with Crippen molar-refractivity contribution in [2.24, 2.45) is 0 Å². The van der Waals surface area contributed by atoms with Crippen molar-refractivity contribution < 1.29 is 14.3 Å². The van der Waals surface area contributed by atoms with Gasteiger partial charge in [0.2, 0.25) is 0 Å². The maximum Gasteiger partial charge on any atom is 0.194 e. The quantitative estimate of drug-likeness (QED) is 0.821. The van der Waals surface area contributed by atoms with Crippen LogP contribution in [-0.4, -0.2) is 25.0 Å². The Morgan fingerprint density at radius 2 is 1.82 bits per heavy atom. The molecule has 2 aromatic rings. The third-order valence-electron chi connectivity index (χ3n) is 2.51. The van der Waals surface area contributed by atoms with Crippen LogP contribution in [0.5, 0.6) is 11.5 Å². The van der Waals surface area contributed by atoms with Crippen LogP contribution in [0.15, 0.2) is 36.7 Å². The van der Waals surface area contributed by atoms with Crippen molar-refractivity contribution in [1.82, 2.24) is 4.98 Å². The van der Waals surface area contributed by atoms with Crippen molar-refractivity contribution in [3.63, 3.8) is 0 Å². The summed E-state index contributed by atoms with van der Waals surface area (Å²) < 4.78 is 10.3. The number of ketones is 1. The second-order valence-corrected chi connectivity index (χ2v) is 3.50. The fourth-order valence-electron chi connectivity index (χ4n) is 1.61. The van der Waals surface area contributed by atoms with Crippen molar-refractivity contribution in [1.29, 1.82) is 0 Å².